The number of ketones is 1. The molecule has 1 aromatic carbocycles. The SMILES string of the molecule is CCOC(=O)CC(=O)[C@H](CCNC(=O)OCc1ccccc1)NC(=O)OC(C)(C)C. The lowest BCUT2D eigenvalue weighted by molar-refractivity contribution is -0.146. The van der Waals surface area contributed by atoms with Crippen LogP contribution in [0.3, 0.4) is 0 Å². The standard InChI is InChI=1S/C21H30N2O7/c1-5-28-18(25)13-17(24)16(23-20(27)30-21(2,3)4)11-12-22-19(26)29-14-15-9-7-6-8-10-15/h6-10,16H,5,11-14H2,1-4H3,(H,22,26)(H,23,27)/t16-/m0/s1. The summed E-state index contributed by atoms with van der Waals surface area (Å²) >= 11 is 0. The third kappa shape index (κ3) is 11.0. The first-order valence-electron chi connectivity index (χ1n) is 9.73. The lowest BCUT2D eigenvalue weighted by Gasteiger charge is -2.23. The van der Waals surface area contributed by atoms with Crippen molar-refractivity contribution in [3.63, 3.8) is 0 Å². The Hall–Kier alpha value is -3.10. The van der Waals surface area contributed by atoms with Gasteiger partial charge in [-0.3, -0.25) is 9.59 Å². The van der Waals surface area contributed by atoms with Gasteiger partial charge in [0.2, 0.25) is 0 Å². The van der Waals surface area contributed by atoms with Gasteiger partial charge >= 0.3 is 18.2 Å². The first kappa shape index (κ1) is 24.9. The maximum absolute atomic E-state index is 12.4. The molecule has 166 valence electrons. The molecule has 9 heteroatoms. The fourth-order valence-electron chi connectivity index (χ4n) is 2.33. The highest BCUT2D eigenvalue weighted by atomic mass is 16.6. The highest BCUT2D eigenvalue weighted by Gasteiger charge is 2.26. The van der Waals surface area contributed by atoms with Gasteiger partial charge < -0.3 is 24.8 Å². The number of rotatable bonds is 10. The molecule has 1 atom stereocenters. The Morgan fingerprint density at radius 1 is 1.00 bits per heavy atom. The van der Waals surface area contributed by atoms with Crippen LogP contribution >= 0.6 is 0 Å². The number of carbonyl (C=O) groups is 4. The molecule has 0 radical (unpaired) electrons. The van der Waals surface area contributed by atoms with E-state index in [-0.39, 0.29) is 26.2 Å². The van der Waals surface area contributed by atoms with Crippen LogP contribution in [0.1, 0.15) is 46.1 Å². The number of amides is 2. The number of esters is 1. The second kappa shape index (κ2) is 12.5. The number of nitrogens with one attached hydrogen (secondary N) is 2. The highest BCUT2D eigenvalue weighted by molar-refractivity contribution is 5.99. The molecular formula is C21H30N2O7. The molecule has 0 spiro atoms. The molecule has 30 heavy (non-hydrogen) atoms. The van der Waals surface area contributed by atoms with Crippen LogP contribution in [-0.4, -0.2) is 48.7 Å². The number of ether oxygens (including phenoxy) is 3. The van der Waals surface area contributed by atoms with Crippen molar-refractivity contribution in [1.29, 1.82) is 0 Å². The minimum Gasteiger partial charge on any atom is -0.466 e. The second-order valence-corrected chi connectivity index (χ2v) is 7.42. The van der Waals surface area contributed by atoms with E-state index in [1.165, 1.54) is 0 Å². The van der Waals surface area contributed by atoms with Crippen LogP contribution in [-0.2, 0) is 30.4 Å². The number of hydrogen-bond acceptors (Lipinski definition) is 7. The molecule has 9 nitrogen and oxygen atoms in total. The van der Waals surface area contributed by atoms with Gasteiger partial charge in [0.1, 0.15) is 18.6 Å². The van der Waals surface area contributed by atoms with Crippen LogP contribution in [0.4, 0.5) is 9.59 Å². The molecule has 0 bridgehead atoms. The van der Waals surface area contributed by atoms with E-state index in [9.17, 15) is 19.2 Å². The van der Waals surface area contributed by atoms with Crippen molar-refractivity contribution in [2.75, 3.05) is 13.2 Å². The summed E-state index contributed by atoms with van der Waals surface area (Å²) in [6, 6.07) is 8.13. The highest BCUT2D eigenvalue weighted by Crippen LogP contribution is 2.08. The fraction of sp³-hybridized carbons (Fsp3) is 0.524. The number of hydrogen-bond donors (Lipinski definition) is 2. The van der Waals surface area contributed by atoms with Gasteiger partial charge in [-0.25, -0.2) is 9.59 Å². The molecule has 2 amide bonds. The van der Waals surface area contributed by atoms with Crippen LogP contribution < -0.4 is 10.6 Å². The van der Waals surface area contributed by atoms with Gasteiger partial charge in [-0.1, -0.05) is 30.3 Å². The minimum atomic E-state index is -1.03. The van der Waals surface area contributed by atoms with E-state index in [1.807, 2.05) is 30.3 Å². The average molecular weight is 422 g/mol. The van der Waals surface area contributed by atoms with E-state index in [0.29, 0.717) is 0 Å². The maximum Gasteiger partial charge on any atom is 0.408 e. The van der Waals surface area contributed by atoms with Gasteiger partial charge in [-0.15, -0.1) is 0 Å². The predicted octanol–water partition coefficient (Wildman–Crippen LogP) is 2.72. The first-order valence-corrected chi connectivity index (χ1v) is 9.73. The van der Waals surface area contributed by atoms with Gasteiger partial charge in [0, 0.05) is 6.54 Å². The number of carbonyl (C=O) groups excluding carboxylic acids is 4. The van der Waals surface area contributed by atoms with Gasteiger partial charge in [-0.05, 0) is 39.7 Å². The van der Waals surface area contributed by atoms with Gasteiger partial charge in [-0.2, -0.15) is 0 Å². The maximum atomic E-state index is 12.4. The Morgan fingerprint density at radius 2 is 1.67 bits per heavy atom. The number of alkyl carbamates (subject to hydrolysis) is 2. The summed E-state index contributed by atoms with van der Waals surface area (Å²) in [7, 11) is 0. The molecule has 0 heterocycles. The Morgan fingerprint density at radius 3 is 2.27 bits per heavy atom. The Kier molecular flexibility index (Phi) is 10.4. The van der Waals surface area contributed by atoms with Crippen LogP contribution in [0.25, 0.3) is 0 Å². The summed E-state index contributed by atoms with van der Waals surface area (Å²) in [4.78, 5) is 47.9. The third-order valence-electron chi connectivity index (χ3n) is 3.62. The first-order chi connectivity index (χ1) is 14.1. The summed E-state index contributed by atoms with van der Waals surface area (Å²) < 4.78 is 15.0. The third-order valence-corrected chi connectivity index (χ3v) is 3.62. The smallest absolute Gasteiger partial charge is 0.408 e. The lowest BCUT2D eigenvalue weighted by Crippen LogP contribution is -2.45. The molecule has 0 aliphatic rings. The largest absolute Gasteiger partial charge is 0.466 e. The summed E-state index contributed by atoms with van der Waals surface area (Å²) in [6.07, 6.45) is -1.89. The van der Waals surface area contributed by atoms with Crippen LogP contribution in [0.5, 0.6) is 0 Å². The molecule has 0 saturated heterocycles. The molecule has 0 unspecified atom stereocenters. The van der Waals surface area contributed by atoms with E-state index < -0.39 is 42.0 Å². The van der Waals surface area contributed by atoms with Crippen molar-refractivity contribution in [1.82, 2.24) is 10.6 Å². The normalized spacial score (nSPS) is 11.7. The van der Waals surface area contributed by atoms with Crippen LogP contribution in [0.15, 0.2) is 30.3 Å². The van der Waals surface area contributed by atoms with Gasteiger partial charge in [0.15, 0.2) is 5.78 Å². The zero-order valence-electron chi connectivity index (χ0n) is 17.9. The summed E-state index contributed by atoms with van der Waals surface area (Å²) in [5.74, 6) is -1.23. The molecule has 1 aromatic rings. The van der Waals surface area contributed by atoms with Crippen LogP contribution in [0, 0.1) is 0 Å². The molecule has 0 fully saturated rings. The average Bonchev–Trinajstić information content (AvgIpc) is 2.65. The van der Waals surface area contributed by atoms with Crippen molar-refractivity contribution in [3.05, 3.63) is 35.9 Å². The van der Waals surface area contributed by atoms with E-state index in [0.717, 1.165) is 5.56 Å². The van der Waals surface area contributed by atoms with Crippen molar-refractivity contribution in [3.8, 4) is 0 Å². The predicted molar refractivity (Wildman–Crippen MR) is 109 cm³/mol. The minimum absolute atomic E-state index is 0.0443. The van der Waals surface area contributed by atoms with E-state index in [2.05, 4.69) is 10.6 Å². The van der Waals surface area contributed by atoms with E-state index in [4.69, 9.17) is 14.2 Å². The summed E-state index contributed by atoms with van der Waals surface area (Å²) in [5.41, 5.74) is 0.0833. The van der Waals surface area contributed by atoms with Crippen molar-refractivity contribution < 1.29 is 33.4 Å². The summed E-state index contributed by atoms with van der Waals surface area (Å²) in [5, 5.41) is 4.96. The lowest BCUT2D eigenvalue weighted by atomic mass is 10.1. The van der Waals surface area contributed by atoms with Crippen LogP contribution in [0.2, 0.25) is 0 Å². The molecule has 0 aliphatic heterocycles. The Balaban J connectivity index is 2.56. The fourth-order valence-corrected chi connectivity index (χ4v) is 2.33. The topological polar surface area (TPSA) is 120 Å². The molecular weight excluding hydrogens is 392 g/mol. The van der Waals surface area contributed by atoms with Crippen molar-refractivity contribution in [2.24, 2.45) is 0 Å². The summed E-state index contributed by atoms with van der Waals surface area (Å²) in [6.45, 7) is 6.98. The zero-order valence-corrected chi connectivity index (χ0v) is 17.9. The monoisotopic (exact) mass is 422 g/mol. The van der Waals surface area contributed by atoms with E-state index in [1.54, 1.807) is 27.7 Å². The quantitative estimate of drug-likeness (QED) is 0.338. The number of Topliss-reactive ketones (excluding diaryl/α,β-unsaturated/α-hetero) is 1. The van der Waals surface area contributed by atoms with Crippen molar-refractivity contribution >= 4 is 23.9 Å². The van der Waals surface area contributed by atoms with Gasteiger partial charge in [0.05, 0.1) is 12.6 Å². The molecule has 0 aliphatic carbocycles. The van der Waals surface area contributed by atoms with Crippen molar-refractivity contribution in [2.45, 2.75) is 58.8 Å². The molecule has 1 rings (SSSR count). The number of benzene rings is 1. The second-order valence-electron chi connectivity index (χ2n) is 7.42. The van der Waals surface area contributed by atoms with E-state index >= 15 is 0 Å². The zero-order chi connectivity index (χ0) is 22.6. The molecule has 2 N–H and O–H groups in total. The van der Waals surface area contributed by atoms with Gasteiger partial charge in [0.25, 0.3) is 0 Å². The Bertz CT molecular complexity index is 714. The Labute approximate surface area is 176 Å². The molecule has 0 saturated carbocycles. The molecule has 0 aromatic heterocycles.